The summed E-state index contributed by atoms with van der Waals surface area (Å²) in [5, 5.41) is 0. The van der Waals surface area contributed by atoms with Crippen molar-refractivity contribution in [3.05, 3.63) is 99.6 Å². The van der Waals surface area contributed by atoms with Crippen molar-refractivity contribution in [2.75, 3.05) is 7.11 Å². The lowest BCUT2D eigenvalue weighted by molar-refractivity contribution is 0.413. The molecule has 0 amide bonds. The fraction of sp³-hybridized carbons (Fsp3) is 0.231. The SMILES string of the molecule is COc1ccc2c(c1)C1(C)Cc3ccc(C)cc3C1=C2c1cccc(C)c1. The molecule has 3 aromatic rings. The Bertz CT molecular complexity index is 1120. The molecule has 0 saturated carbocycles. The summed E-state index contributed by atoms with van der Waals surface area (Å²) in [6.07, 6.45) is 1.05. The second-order valence-electron chi connectivity index (χ2n) is 8.20. The molecule has 0 bridgehead atoms. The normalized spacial score (nSPS) is 19.7. The van der Waals surface area contributed by atoms with E-state index in [9.17, 15) is 0 Å². The number of rotatable bonds is 2. The summed E-state index contributed by atoms with van der Waals surface area (Å²) >= 11 is 0. The predicted molar refractivity (Wildman–Crippen MR) is 112 cm³/mol. The van der Waals surface area contributed by atoms with Gasteiger partial charge in [0.15, 0.2) is 0 Å². The molecule has 0 heterocycles. The summed E-state index contributed by atoms with van der Waals surface area (Å²) in [6, 6.07) is 22.4. The van der Waals surface area contributed by atoms with Crippen LogP contribution in [0.3, 0.4) is 0 Å². The Morgan fingerprint density at radius 1 is 0.852 bits per heavy atom. The number of ether oxygens (including phenoxy) is 1. The molecule has 3 aromatic carbocycles. The number of aryl methyl sites for hydroxylation is 2. The van der Waals surface area contributed by atoms with Crippen molar-refractivity contribution in [2.45, 2.75) is 32.6 Å². The molecule has 2 aliphatic carbocycles. The molecule has 27 heavy (non-hydrogen) atoms. The first-order valence-corrected chi connectivity index (χ1v) is 9.62. The molecule has 0 aliphatic heterocycles. The van der Waals surface area contributed by atoms with E-state index < -0.39 is 0 Å². The van der Waals surface area contributed by atoms with Gasteiger partial charge in [-0.05, 0) is 71.4 Å². The van der Waals surface area contributed by atoms with Crippen LogP contribution in [0.15, 0.2) is 60.7 Å². The highest BCUT2D eigenvalue weighted by molar-refractivity contribution is 6.09. The van der Waals surface area contributed by atoms with E-state index in [2.05, 4.69) is 81.4 Å². The zero-order chi connectivity index (χ0) is 18.8. The Morgan fingerprint density at radius 2 is 1.67 bits per heavy atom. The van der Waals surface area contributed by atoms with E-state index in [4.69, 9.17) is 4.74 Å². The highest BCUT2D eigenvalue weighted by Crippen LogP contribution is 2.59. The Balaban J connectivity index is 1.87. The summed E-state index contributed by atoms with van der Waals surface area (Å²) in [5.41, 5.74) is 12.4. The first kappa shape index (κ1) is 16.4. The predicted octanol–water partition coefficient (Wildman–Crippen LogP) is 6.10. The second-order valence-corrected chi connectivity index (χ2v) is 8.20. The molecule has 0 aromatic heterocycles. The summed E-state index contributed by atoms with van der Waals surface area (Å²) < 4.78 is 5.57. The average Bonchev–Trinajstić information content (AvgIpc) is 3.08. The minimum atomic E-state index is -0.000913. The van der Waals surface area contributed by atoms with Crippen molar-refractivity contribution in [3.8, 4) is 5.75 Å². The summed E-state index contributed by atoms with van der Waals surface area (Å²) in [7, 11) is 1.75. The van der Waals surface area contributed by atoms with Gasteiger partial charge in [0.05, 0.1) is 7.11 Å². The summed E-state index contributed by atoms with van der Waals surface area (Å²) in [6.45, 7) is 6.76. The molecule has 134 valence electrons. The van der Waals surface area contributed by atoms with Crippen LogP contribution in [0.4, 0.5) is 0 Å². The van der Waals surface area contributed by atoms with Gasteiger partial charge in [0.1, 0.15) is 5.75 Å². The number of benzene rings is 3. The van der Waals surface area contributed by atoms with Gasteiger partial charge < -0.3 is 4.74 Å². The Morgan fingerprint density at radius 3 is 2.44 bits per heavy atom. The van der Waals surface area contributed by atoms with Gasteiger partial charge in [-0.1, -0.05) is 66.6 Å². The van der Waals surface area contributed by atoms with Gasteiger partial charge in [0.25, 0.3) is 0 Å². The van der Waals surface area contributed by atoms with E-state index in [1.807, 2.05) is 0 Å². The Labute approximate surface area is 161 Å². The van der Waals surface area contributed by atoms with Gasteiger partial charge in [-0.2, -0.15) is 0 Å². The number of hydrogen-bond acceptors (Lipinski definition) is 1. The average molecular weight is 352 g/mol. The van der Waals surface area contributed by atoms with Crippen LogP contribution < -0.4 is 4.74 Å². The molecule has 1 nitrogen and oxygen atoms in total. The van der Waals surface area contributed by atoms with Gasteiger partial charge in [-0.3, -0.25) is 0 Å². The topological polar surface area (TPSA) is 9.23 Å². The molecule has 1 heteroatoms. The van der Waals surface area contributed by atoms with E-state index in [0.29, 0.717) is 0 Å². The van der Waals surface area contributed by atoms with Crippen LogP contribution in [0, 0.1) is 13.8 Å². The van der Waals surface area contributed by atoms with Gasteiger partial charge in [0.2, 0.25) is 0 Å². The Kier molecular flexibility index (Phi) is 3.40. The minimum absolute atomic E-state index is 0.000913. The fourth-order valence-electron chi connectivity index (χ4n) is 5.04. The third-order valence-electron chi connectivity index (χ3n) is 6.28. The van der Waals surface area contributed by atoms with Crippen molar-refractivity contribution in [1.29, 1.82) is 0 Å². The van der Waals surface area contributed by atoms with Crippen LogP contribution in [0.25, 0.3) is 11.1 Å². The number of methoxy groups -OCH3 is 1. The summed E-state index contributed by atoms with van der Waals surface area (Å²) in [4.78, 5) is 0. The van der Waals surface area contributed by atoms with Gasteiger partial charge >= 0.3 is 0 Å². The molecule has 0 spiro atoms. The van der Waals surface area contributed by atoms with Crippen LogP contribution in [0.5, 0.6) is 5.75 Å². The van der Waals surface area contributed by atoms with Crippen molar-refractivity contribution < 1.29 is 4.74 Å². The number of fused-ring (bicyclic) bond motifs is 5. The highest BCUT2D eigenvalue weighted by Gasteiger charge is 2.47. The fourth-order valence-corrected chi connectivity index (χ4v) is 5.04. The largest absolute Gasteiger partial charge is 0.497 e. The van der Waals surface area contributed by atoms with Crippen LogP contribution in [0.2, 0.25) is 0 Å². The lowest BCUT2D eigenvalue weighted by atomic mass is 9.79. The van der Waals surface area contributed by atoms with Gasteiger partial charge in [-0.15, -0.1) is 0 Å². The van der Waals surface area contributed by atoms with E-state index in [1.54, 1.807) is 7.11 Å². The lowest BCUT2D eigenvalue weighted by Crippen LogP contribution is -2.19. The van der Waals surface area contributed by atoms with Crippen molar-refractivity contribution in [2.24, 2.45) is 0 Å². The maximum Gasteiger partial charge on any atom is 0.119 e. The van der Waals surface area contributed by atoms with Crippen LogP contribution in [0.1, 0.15) is 45.9 Å². The molecule has 5 rings (SSSR count). The van der Waals surface area contributed by atoms with E-state index >= 15 is 0 Å². The monoisotopic (exact) mass is 352 g/mol. The number of allylic oxidation sites excluding steroid dienone is 1. The molecular formula is C26H24O. The first-order valence-electron chi connectivity index (χ1n) is 9.62. The number of hydrogen-bond donors (Lipinski definition) is 0. The molecule has 1 unspecified atom stereocenters. The van der Waals surface area contributed by atoms with E-state index in [1.165, 1.54) is 50.1 Å². The smallest absolute Gasteiger partial charge is 0.119 e. The first-order chi connectivity index (χ1) is 13.0. The minimum Gasteiger partial charge on any atom is -0.497 e. The molecule has 0 fully saturated rings. The third kappa shape index (κ3) is 2.24. The van der Waals surface area contributed by atoms with Crippen molar-refractivity contribution in [3.63, 3.8) is 0 Å². The summed E-state index contributed by atoms with van der Waals surface area (Å²) in [5.74, 6) is 0.937. The van der Waals surface area contributed by atoms with Crippen LogP contribution in [-0.2, 0) is 11.8 Å². The van der Waals surface area contributed by atoms with Gasteiger partial charge in [0, 0.05) is 5.41 Å². The highest BCUT2D eigenvalue weighted by atomic mass is 16.5. The second kappa shape index (κ2) is 5.60. The maximum absolute atomic E-state index is 5.57. The van der Waals surface area contributed by atoms with Gasteiger partial charge in [-0.25, -0.2) is 0 Å². The molecule has 0 radical (unpaired) electrons. The standard InChI is InChI=1S/C26H24O/c1-16-6-5-7-18(12-16)24-21-11-10-20(27-4)14-23(21)26(3)15-19-9-8-17(2)13-22(19)25(24)26/h5-14H,15H2,1-4H3. The Hall–Kier alpha value is -2.80. The van der Waals surface area contributed by atoms with Crippen LogP contribution in [-0.4, -0.2) is 7.11 Å². The molecular weight excluding hydrogens is 328 g/mol. The van der Waals surface area contributed by atoms with E-state index in [0.717, 1.165) is 12.2 Å². The van der Waals surface area contributed by atoms with Crippen molar-refractivity contribution >= 4 is 11.1 Å². The van der Waals surface area contributed by atoms with Crippen molar-refractivity contribution in [1.82, 2.24) is 0 Å². The zero-order valence-corrected chi connectivity index (χ0v) is 16.4. The molecule has 2 aliphatic rings. The molecule has 0 saturated heterocycles. The molecule has 1 atom stereocenters. The third-order valence-corrected chi connectivity index (χ3v) is 6.28. The quantitative estimate of drug-likeness (QED) is 0.541. The maximum atomic E-state index is 5.57. The zero-order valence-electron chi connectivity index (χ0n) is 16.4. The van der Waals surface area contributed by atoms with E-state index in [-0.39, 0.29) is 5.41 Å². The molecule has 0 N–H and O–H groups in total. The lowest BCUT2D eigenvalue weighted by Gasteiger charge is -2.23. The van der Waals surface area contributed by atoms with Crippen LogP contribution >= 0.6 is 0 Å².